The van der Waals surface area contributed by atoms with E-state index < -0.39 is 9.84 Å². The number of fused-ring (bicyclic) bond motifs is 1. The van der Waals surface area contributed by atoms with E-state index in [1.165, 1.54) is 0 Å². The first kappa shape index (κ1) is 20.8. The van der Waals surface area contributed by atoms with Crippen LogP contribution in [0.3, 0.4) is 0 Å². The van der Waals surface area contributed by atoms with E-state index in [0.29, 0.717) is 25.3 Å². The predicted molar refractivity (Wildman–Crippen MR) is 106 cm³/mol. The number of hydrogen-bond acceptors (Lipinski definition) is 6. The minimum absolute atomic E-state index is 0. The fraction of sp³-hybridized carbons (Fsp3) is 0.588. The number of piperazine rings is 1. The van der Waals surface area contributed by atoms with Gasteiger partial charge in [-0.25, -0.2) is 13.4 Å². The van der Waals surface area contributed by atoms with Crippen molar-refractivity contribution in [1.29, 1.82) is 0 Å². The summed E-state index contributed by atoms with van der Waals surface area (Å²) in [6.45, 7) is 5.74. The molecule has 0 saturated carbocycles. The first-order valence-electron chi connectivity index (χ1n) is 9.12. The summed E-state index contributed by atoms with van der Waals surface area (Å²) in [6, 6.07) is 1.21. The molecule has 9 nitrogen and oxygen atoms in total. The summed E-state index contributed by atoms with van der Waals surface area (Å²) in [5, 5.41) is 7.05. The van der Waals surface area contributed by atoms with Crippen molar-refractivity contribution in [3.63, 3.8) is 0 Å². The summed E-state index contributed by atoms with van der Waals surface area (Å²) >= 11 is 0. The maximum absolute atomic E-state index is 13.0. The van der Waals surface area contributed by atoms with Gasteiger partial charge in [-0.3, -0.25) is 14.8 Å². The van der Waals surface area contributed by atoms with Crippen LogP contribution in [0.5, 0.6) is 0 Å². The first-order valence-corrected chi connectivity index (χ1v) is 10.9. The molecule has 4 rings (SSSR count). The van der Waals surface area contributed by atoms with Gasteiger partial charge < -0.3 is 9.88 Å². The van der Waals surface area contributed by atoms with E-state index in [-0.39, 0.29) is 47.8 Å². The van der Waals surface area contributed by atoms with Crippen molar-refractivity contribution in [2.45, 2.75) is 38.4 Å². The molecule has 2 atom stereocenters. The number of nitrogens with zero attached hydrogens (tertiary/aromatic N) is 4. The van der Waals surface area contributed by atoms with Crippen LogP contribution in [0.4, 0.5) is 0 Å². The summed E-state index contributed by atoms with van der Waals surface area (Å²) in [7, 11) is -3.19. The molecule has 2 aliphatic rings. The number of amides is 1. The molecule has 0 aliphatic carbocycles. The van der Waals surface area contributed by atoms with Crippen LogP contribution in [0, 0.1) is 0 Å². The van der Waals surface area contributed by atoms with Crippen molar-refractivity contribution in [3.05, 3.63) is 35.7 Å². The highest BCUT2D eigenvalue weighted by Crippen LogP contribution is 2.29. The third kappa shape index (κ3) is 3.94. The lowest BCUT2D eigenvalue weighted by Gasteiger charge is -2.43. The highest BCUT2D eigenvalue weighted by Gasteiger charge is 2.48. The van der Waals surface area contributed by atoms with Crippen molar-refractivity contribution in [2.24, 2.45) is 0 Å². The van der Waals surface area contributed by atoms with Crippen molar-refractivity contribution >= 4 is 28.2 Å². The van der Waals surface area contributed by atoms with Crippen LogP contribution in [0.15, 0.2) is 18.6 Å². The molecule has 28 heavy (non-hydrogen) atoms. The summed E-state index contributed by atoms with van der Waals surface area (Å²) in [5.41, 5.74) is 2.18. The number of aromatic nitrogens is 4. The Morgan fingerprint density at radius 3 is 2.68 bits per heavy atom. The monoisotopic (exact) mass is 428 g/mol. The van der Waals surface area contributed by atoms with Crippen LogP contribution in [0.25, 0.3) is 0 Å². The molecule has 154 valence electrons. The number of hydrogen-bond donors (Lipinski definition) is 2. The Balaban J connectivity index is 0.00000225. The molecular weight excluding hydrogens is 404 g/mol. The van der Waals surface area contributed by atoms with E-state index in [1.54, 1.807) is 23.5 Å². The zero-order valence-corrected chi connectivity index (χ0v) is 17.5. The Labute approximate surface area is 170 Å². The number of halogens is 1. The normalized spacial score (nSPS) is 24.2. The van der Waals surface area contributed by atoms with Crippen LogP contribution in [-0.4, -0.2) is 81.0 Å². The fourth-order valence-corrected chi connectivity index (χ4v) is 5.96. The van der Waals surface area contributed by atoms with Gasteiger partial charge in [0.15, 0.2) is 9.84 Å². The fourth-order valence-electron chi connectivity index (χ4n) is 3.95. The molecule has 2 aromatic rings. The molecule has 1 amide bonds. The van der Waals surface area contributed by atoms with Gasteiger partial charge in [0, 0.05) is 43.3 Å². The lowest BCUT2D eigenvalue weighted by Crippen LogP contribution is -2.60. The molecule has 0 radical (unpaired) electrons. The number of nitrogens with one attached hydrogen (secondary N) is 2. The lowest BCUT2D eigenvalue weighted by atomic mass is 10.0. The van der Waals surface area contributed by atoms with Gasteiger partial charge in [-0.2, -0.15) is 5.10 Å². The van der Waals surface area contributed by atoms with Crippen LogP contribution in [0.1, 0.15) is 41.6 Å². The predicted octanol–water partition coefficient (Wildman–Crippen LogP) is 0.802. The summed E-state index contributed by atoms with van der Waals surface area (Å²) in [4.78, 5) is 23.9. The Hall–Kier alpha value is -1.91. The summed E-state index contributed by atoms with van der Waals surface area (Å²) in [5.74, 6) is 0.119. The molecule has 4 heterocycles. The second-order valence-corrected chi connectivity index (χ2v) is 9.77. The SMILES string of the molecule is CC(C)c1cc(C(=O)N2CCN(Cc3cnc[nH]3)[C@@H]3CS(=O)(=O)C[C@@H]32)n[nH]1.Cl. The molecule has 2 N–H and O–H groups in total. The van der Waals surface area contributed by atoms with E-state index in [1.807, 2.05) is 13.8 Å². The topological polar surface area (TPSA) is 115 Å². The minimum atomic E-state index is -3.19. The van der Waals surface area contributed by atoms with E-state index in [2.05, 4.69) is 25.1 Å². The zero-order valence-electron chi connectivity index (χ0n) is 15.8. The minimum Gasteiger partial charge on any atom is -0.347 e. The van der Waals surface area contributed by atoms with Crippen molar-refractivity contribution in [1.82, 2.24) is 30.0 Å². The number of imidazole rings is 1. The Kier molecular flexibility index (Phi) is 5.83. The number of H-pyrrole nitrogens is 2. The maximum atomic E-state index is 13.0. The summed E-state index contributed by atoms with van der Waals surface area (Å²) < 4.78 is 24.7. The second-order valence-electron chi connectivity index (χ2n) is 7.62. The smallest absolute Gasteiger partial charge is 0.274 e. The molecule has 0 spiro atoms. The van der Waals surface area contributed by atoms with Crippen LogP contribution >= 0.6 is 12.4 Å². The van der Waals surface area contributed by atoms with Gasteiger partial charge in [0.05, 0.1) is 23.9 Å². The van der Waals surface area contributed by atoms with Crippen molar-refractivity contribution in [2.75, 3.05) is 24.6 Å². The average Bonchev–Trinajstić information content (AvgIpc) is 3.32. The van der Waals surface area contributed by atoms with Crippen molar-refractivity contribution in [3.8, 4) is 0 Å². The second kappa shape index (κ2) is 7.84. The molecule has 2 aromatic heterocycles. The third-order valence-electron chi connectivity index (χ3n) is 5.42. The van der Waals surface area contributed by atoms with Gasteiger partial charge in [-0.1, -0.05) is 13.8 Å². The number of sulfone groups is 1. The maximum Gasteiger partial charge on any atom is 0.274 e. The van der Waals surface area contributed by atoms with Crippen LogP contribution in [-0.2, 0) is 16.4 Å². The zero-order chi connectivity index (χ0) is 19.2. The quantitative estimate of drug-likeness (QED) is 0.744. The lowest BCUT2D eigenvalue weighted by molar-refractivity contribution is 0.0298. The summed E-state index contributed by atoms with van der Waals surface area (Å²) in [6.07, 6.45) is 3.36. The molecule has 0 aromatic carbocycles. The molecule has 2 fully saturated rings. The first-order chi connectivity index (χ1) is 12.8. The molecule has 2 aliphatic heterocycles. The standard InChI is InChI=1S/C17H24N6O3S.ClH/c1-11(2)13-5-14(21-20-13)17(24)23-4-3-22(7-12-6-18-10-19-12)15-8-27(25,26)9-16(15)23;/h5-6,10-11,15-16H,3-4,7-9H2,1-2H3,(H,18,19)(H,20,21);1H/t15-,16+;/m1./s1. The number of aromatic amines is 2. The van der Waals surface area contributed by atoms with Gasteiger partial charge in [0.2, 0.25) is 0 Å². The van der Waals surface area contributed by atoms with Crippen molar-refractivity contribution < 1.29 is 13.2 Å². The molecule has 2 saturated heterocycles. The molecule has 0 bridgehead atoms. The van der Waals surface area contributed by atoms with Gasteiger partial charge in [0.1, 0.15) is 5.69 Å². The molecular formula is C17H25ClN6O3S. The average molecular weight is 429 g/mol. The van der Waals surface area contributed by atoms with Crippen LogP contribution < -0.4 is 0 Å². The van der Waals surface area contributed by atoms with Gasteiger partial charge in [0.25, 0.3) is 5.91 Å². The highest BCUT2D eigenvalue weighted by molar-refractivity contribution is 7.91. The van der Waals surface area contributed by atoms with Gasteiger partial charge in [-0.15, -0.1) is 12.4 Å². The van der Waals surface area contributed by atoms with Gasteiger partial charge >= 0.3 is 0 Å². The Bertz CT molecular complexity index is 927. The van der Waals surface area contributed by atoms with Gasteiger partial charge in [-0.05, 0) is 12.0 Å². The van der Waals surface area contributed by atoms with E-state index in [4.69, 9.17) is 0 Å². The van der Waals surface area contributed by atoms with E-state index in [0.717, 1.165) is 11.4 Å². The number of carbonyl (C=O) groups excluding carboxylic acids is 1. The number of carbonyl (C=O) groups is 1. The Morgan fingerprint density at radius 2 is 2.04 bits per heavy atom. The van der Waals surface area contributed by atoms with E-state index in [9.17, 15) is 13.2 Å². The Morgan fingerprint density at radius 1 is 1.29 bits per heavy atom. The third-order valence-corrected chi connectivity index (χ3v) is 7.12. The molecule has 11 heteroatoms. The number of rotatable bonds is 4. The molecule has 0 unspecified atom stereocenters. The van der Waals surface area contributed by atoms with Crippen LogP contribution in [0.2, 0.25) is 0 Å². The largest absolute Gasteiger partial charge is 0.347 e. The van der Waals surface area contributed by atoms with E-state index >= 15 is 0 Å². The highest BCUT2D eigenvalue weighted by atomic mass is 35.5.